The summed E-state index contributed by atoms with van der Waals surface area (Å²) >= 11 is 1.65. The Bertz CT molecular complexity index is 909. The minimum atomic E-state index is 0.227. The van der Waals surface area contributed by atoms with Gasteiger partial charge in [0.15, 0.2) is 0 Å². The van der Waals surface area contributed by atoms with Gasteiger partial charge < -0.3 is 9.80 Å². The third-order valence-electron chi connectivity index (χ3n) is 5.11. The highest BCUT2D eigenvalue weighted by molar-refractivity contribution is 7.10. The highest BCUT2D eigenvalue weighted by Crippen LogP contribution is 2.27. The molecule has 5 nitrogen and oxygen atoms in total. The molecule has 0 saturated carbocycles. The molecule has 0 atom stereocenters. The Morgan fingerprint density at radius 2 is 1.78 bits per heavy atom. The molecule has 0 bridgehead atoms. The lowest BCUT2D eigenvalue weighted by Gasteiger charge is -2.36. The van der Waals surface area contributed by atoms with Crippen LogP contribution in [0.4, 0.5) is 5.69 Å². The first-order valence-corrected chi connectivity index (χ1v) is 10.2. The fourth-order valence-corrected chi connectivity index (χ4v) is 4.46. The molecular formula is C21H24N4OS. The third-order valence-corrected chi connectivity index (χ3v) is 5.98. The van der Waals surface area contributed by atoms with Gasteiger partial charge in [0.25, 0.3) is 0 Å². The van der Waals surface area contributed by atoms with Crippen LogP contribution >= 0.6 is 11.3 Å². The minimum Gasteiger partial charge on any atom is -0.365 e. The summed E-state index contributed by atoms with van der Waals surface area (Å²) in [7, 11) is 0. The Kier molecular flexibility index (Phi) is 4.99. The first kappa shape index (κ1) is 17.8. The van der Waals surface area contributed by atoms with Gasteiger partial charge in [-0.05, 0) is 37.4 Å². The van der Waals surface area contributed by atoms with Crippen LogP contribution in [-0.2, 0) is 11.2 Å². The molecule has 1 fully saturated rings. The molecule has 0 unspecified atom stereocenters. The number of carbonyl (C=O) groups excluding carboxylic acids is 1. The first-order valence-electron chi connectivity index (χ1n) is 9.30. The molecule has 1 saturated heterocycles. The van der Waals surface area contributed by atoms with Gasteiger partial charge in [-0.25, -0.2) is 4.68 Å². The average Bonchev–Trinajstić information content (AvgIpc) is 3.30. The van der Waals surface area contributed by atoms with E-state index in [2.05, 4.69) is 30.9 Å². The second-order valence-corrected chi connectivity index (χ2v) is 7.92. The van der Waals surface area contributed by atoms with Gasteiger partial charge in [-0.1, -0.05) is 24.3 Å². The lowest BCUT2D eigenvalue weighted by atomic mass is 10.2. The van der Waals surface area contributed by atoms with Gasteiger partial charge in [-0.15, -0.1) is 11.3 Å². The normalized spacial score (nSPS) is 14.6. The van der Waals surface area contributed by atoms with Gasteiger partial charge in [0.2, 0.25) is 5.91 Å². The minimum absolute atomic E-state index is 0.227. The van der Waals surface area contributed by atoms with E-state index < -0.39 is 0 Å². The summed E-state index contributed by atoms with van der Waals surface area (Å²) in [6, 6.07) is 14.3. The maximum Gasteiger partial charge on any atom is 0.227 e. The number of rotatable bonds is 4. The summed E-state index contributed by atoms with van der Waals surface area (Å²) < 4.78 is 2.01. The van der Waals surface area contributed by atoms with Crippen LogP contribution in [-0.4, -0.2) is 46.8 Å². The molecule has 1 aliphatic heterocycles. The van der Waals surface area contributed by atoms with Crippen LogP contribution in [0.1, 0.15) is 16.3 Å². The average molecular weight is 381 g/mol. The summed E-state index contributed by atoms with van der Waals surface area (Å²) in [5.41, 5.74) is 4.46. The summed E-state index contributed by atoms with van der Waals surface area (Å²) in [6.07, 6.45) is 0.516. The number of hydrogen-bond donors (Lipinski definition) is 0. The molecule has 3 aromatic rings. The Hall–Kier alpha value is -2.60. The SMILES string of the molecule is Cc1nn(-c2ccccc2)c(C)c1N1CCN(C(=O)Cc2cccs2)CC1. The number of amides is 1. The number of carbonyl (C=O) groups is 1. The predicted octanol–water partition coefficient (Wildman–Crippen LogP) is 3.44. The molecule has 0 N–H and O–H groups in total. The lowest BCUT2D eigenvalue weighted by molar-refractivity contribution is -0.130. The van der Waals surface area contributed by atoms with E-state index in [0.717, 1.165) is 48.1 Å². The van der Waals surface area contributed by atoms with Crippen LogP contribution in [0.15, 0.2) is 47.8 Å². The largest absolute Gasteiger partial charge is 0.365 e. The molecule has 4 rings (SSSR count). The van der Waals surface area contributed by atoms with Crippen LogP contribution in [0, 0.1) is 13.8 Å². The monoisotopic (exact) mass is 380 g/mol. The second-order valence-electron chi connectivity index (χ2n) is 6.89. The molecule has 0 spiro atoms. The Morgan fingerprint density at radius 3 is 2.44 bits per heavy atom. The van der Waals surface area contributed by atoms with Crippen molar-refractivity contribution in [2.45, 2.75) is 20.3 Å². The van der Waals surface area contributed by atoms with Gasteiger partial charge in [0, 0.05) is 31.1 Å². The van der Waals surface area contributed by atoms with Crippen molar-refractivity contribution in [2.75, 3.05) is 31.1 Å². The molecule has 6 heteroatoms. The van der Waals surface area contributed by atoms with Crippen molar-refractivity contribution in [3.05, 3.63) is 64.1 Å². The van der Waals surface area contributed by atoms with Crippen molar-refractivity contribution in [2.24, 2.45) is 0 Å². The van der Waals surface area contributed by atoms with E-state index in [9.17, 15) is 4.79 Å². The zero-order valence-electron chi connectivity index (χ0n) is 15.8. The fourth-order valence-electron chi connectivity index (χ4n) is 3.77. The molecule has 2 aromatic heterocycles. The molecule has 1 amide bonds. The molecular weight excluding hydrogens is 356 g/mol. The lowest BCUT2D eigenvalue weighted by Crippen LogP contribution is -2.49. The number of benzene rings is 1. The summed E-state index contributed by atoms with van der Waals surface area (Å²) in [4.78, 5) is 18.0. The predicted molar refractivity (Wildman–Crippen MR) is 110 cm³/mol. The second kappa shape index (κ2) is 7.56. The van der Waals surface area contributed by atoms with Crippen LogP contribution in [0.3, 0.4) is 0 Å². The Labute approximate surface area is 163 Å². The smallest absolute Gasteiger partial charge is 0.227 e. The summed E-state index contributed by atoms with van der Waals surface area (Å²) in [6.45, 7) is 7.41. The number of piperazine rings is 1. The van der Waals surface area contributed by atoms with Crippen molar-refractivity contribution in [3.63, 3.8) is 0 Å². The van der Waals surface area contributed by atoms with E-state index in [1.54, 1.807) is 11.3 Å². The zero-order valence-corrected chi connectivity index (χ0v) is 16.6. The van der Waals surface area contributed by atoms with Crippen LogP contribution < -0.4 is 4.90 Å². The van der Waals surface area contributed by atoms with Crippen molar-refractivity contribution in [3.8, 4) is 5.69 Å². The van der Waals surface area contributed by atoms with Gasteiger partial charge in [0.05, 0.1) is 29.2 Å². The molecule has 140 valence electrons. The molecule has 27 heavy (non-hydrogen) atoms. The van der Waals surface area contributed by atoms with E-state index in [-0.39, 0.29) is 5.91 Å². The number of thiophene rings is 1. The highest BCUT2D eigenvalue weighted by atomic mass is 32.1. The first-order chi connectivity index (χ1) is 13.1. The summed E-state index contributed by atoms with van der Waals surface area (Å²) in [5, 5.41) is 6.78. The van der Waals surface area contributed by atoms with E-state index in [1.807, 2.05) is 45.3 Å². The van der Waals surface area contributed by atoms with E-state index in [4.69, 9.17) is 5.10 Å². The standard InChI is InChI=1S/C21H24N4OS/c1-16-21(17(2)25(22-16)18-7-4-3-5-8-18)24-12-10-23(11-13-24)20(26)15-19-9-6-14-27-19/h3-9,14H,10-13,15H2,1-2H3. The highest BCUT2D eigenvalue weighted by Gasteiger charge is 2.25. The quantitative estimate of drug-likeness (QED) is 0.696. The van der Waals surface area contributed by atoms with Crippen molar-refractivity contribution in [1.29, 1.82) is 0 Å². The number of hydrogen-bond acceptors (Lipinski definition) is 4. The fraction of sp³-hybridized carbons (Fsp3) is 0.333. The van der Waals surface area contributed by atoms with Gasteiger partial charge >= 0.3 is 0 Å². The number of anilines is 1. The molecule has 3 heterocycles. The molecule has 0 aliphatic carbocycles. The van der Waals surface area contributed by atoms with Crippen LogP contribution in [0.2, 0.25) is 0 Å². The third kappa shape index (κ3) is 3.62. The maximum absolute atomic E-state index is 12.5. The number of nitrogens with zero attached hydrogens (tertiary/aromatic N) is 4. The summed E-state index contributed by atoms with van der Waals surface area (Å²) in [5.74, 6) is 0.227. The van der Waals surface area contributed by atoms with Gasteiger partial charge in [-0.3, -0.25) is 4.79 Å². The van der Waals surface area contributed by atoms with E-state index in [0.29, 0.717) is 6.42 Å². The van der Waals surface area contributed by atoms with Crippen LogP contribution in [0.5, 0.6) is 0 Å². The number of para-hydroxylation sites is 1. The number of aromatic nitrogens is 2. The van der Waals surface area contributed by atoms with Crippen molar-refractivity contribution >= 4 is 22.9 Å². The Morgan fingerprint density at radius 1 is 1.04 bits per heavy atom. The molecule has 0 radical (unpaired) electrons. The topological polar surface area (TPSA) is 41.4 Å². The van der Waals surface area contributed by atoms with Crippen LogP contribution in [0.25, 0.3) is 5.69 Å². The Balaban J connectivity index is 1.45. The zero-order chi connectivity index (χ0) is 18.8. The van der Waals surface area contributed by atoms with Crippen molar-refractivity contribution in [1.82, 2.24) is 14.7 Å². The number of aryl methyl sites for hydroxylation is 1. The van der Waals surface area contributed by atoms with E-state index in [1.165, 1.54) is 5.69 Å². The van der Waals surface area contributed by atoms with E-state index >= 15 is 0 Å². The van der Waals surface area contributed by atoms with Gasteiger partial charge in [-0.2, -0.15) is 5.10 Å². The molecule has 1 aliphatic rings. The molecule has 1 aromatic carbocycles. The van der Waals surface area contributed by atoms with Gasteiger partial charge in [0.1, 0.15) is 0 Å². The van der Waals surface area contributed by atoms with Crippen molar-refractivity contribution < 1.29 is 4.79 Å². The maximum atomic E-state index is 12.5.